The Morgan fingerprint density at radius 1 is 1.41 bits per heavy atom. The Morgan fingerprint density at radius 2 is 2.12 bits per heavy atom. The maximum absolute atomic E-state index is 11.8. The molecule has 0 aromatic carbocycles. The zero-order valence-electron chi connectivity index (χ0n) is 10.8. The molecule has 4 heteroatoms. The van der Waals surface area contributed by atoms with Crippen LogP contribution in [0.4, 0.5) is 0 Å². The number of hydrogen-bond acceptors (Lipinski definition) is 3. The third-order valence-corrected chi connectivity index (χ3v) is 4.25. The van der Waals surface area contributed by atoms with Gasteiger partial charge >= 0.3 is 0 Å². The zero-order valence-corrected chi connectivity index (χ0v) is 10.8. The first kappa shape index (κ1) is 12.8. The number of carbonyl (C=O) groups is 1. The van der Waals surface area contributed by atoms with Crippen molar-refractivity contribution in [1.82, 2.24) is 10.6 Å². The van der Waals surface area contributed by atoms with E-state index in [9.17, 15) is 4.79 Å². The minimum atomic E-state index is -0.138. The van der Waals surface area contributed by atoms with E-state index >= 15 is 0 Å². The average molecular weight is 240 g/mol. The second-order valence-corrected chi connectivity index (χ2v) is 5.41. The van der Waals surface area contributed by atoms with Gasteiger partial charge in [0.05, 0.1) is 5.60 Å². The summed E-state index contributed by atoms with van der Waals surface area (Å²) < 4.78 is 5.62. The molecule has 2 N–H and O–H groups in total. The van der Waals surface area contributed by atoms with Crippen molar-refractivity contribution in [1.29, 1.82) is 0 Å². The molecule has 0 aromatic heterocycles. The molecule has 1 saturated carbocycles. The molecule has 0 aromatic rings. The summed E-state index contributed by atoms with van der Waals surface area (Å²) in [5, 5.41) is 6.37. The van der Waals surface area contributed by atoms with Crippen molar-refractivity contribution >= 4 is 5.91 Å². The Balaban J connectivity index is 1.72. The highest BCUT2D eigenvalue weighted by atomic mass is 16.5. The molecule has 2 fully saturated rings. The maximum atomic E-state index is 11.8. The Kier molecular flexibility index (Phi) is 4.40. The van der Waals surface area contributed by atoms with Crippen LogP contribution in [0.5, 0.6) is 0 Å². The van der Waals surface area contributed by atoms with Crippen molar-refractivity contribution in [3.8, 4) is 0 Å². The van der Waals surface area contributed by atoms with Gasteiger partial charge < -0.3 is 15.4 Å². The third-order valence-electron chi connectivity index (χ3n) is 4.25. The first-order valence-electron chi connectivity index (χ1n) is 6.77. The van der Waals surface area contributed by atoms with E-state index in [4.69, 9.17) is 4.74 Å². The second-order valence-electron chi connectivity index (χ2n) is 5.41. The van der Waals surface area contributed by atoms with Gasteiger partial charge in [0.25, 0.3) is 0 Å². The fraction of sp³-hybridized carbons (Fsp3) is 0.923. The minimum absolute atomic E-state index is 0.138. The zero-order chi connectivity index (χ0) is 12.1. The van der Waals surface area contributed by atoms with Crippen LogP contribution < -0.4 is 10.6 Å². The van der Waals surface area contributed by atoms with Crippen LogP contribution in [-0.2, 0) is 9.53 Å². The van der Waals surface area contributed by atoms with Gasteiger partial charge in [-0.05, 0) is 44.7 Å². The van der Waals surface area contributed by atoms with Gasteiger partial charge in [-0.1, -0.05) is 6.42 Å². The number of hydrogen-bond donors (Lipinski definition) is 2. The fourth-order valence-corrected chi connectivity index (χ4v) is 2.63. The van der Waals surface area contributed by atoms with Crippen molar-refractivity contribution in [2.24, 2.45) is 5.92 Å². The molecule has 0 atom stereocenters. The lowest BCUT2D eigenvalue weighted by molar-refractivity contribution is -0.124. The first-order chi connectivity index (χ1) is 8.24. The Morgan fingerprint density at radius 3 is 2.65 bits per heavy atom. The predicted molar refractivity (Wildman–Crippen MR) is 66.8 cm³/mol. The van der Waals surface area contributed by atoms with E-state index in [1.54, 1.807) is 7.11 Å². The average Bonchev–Trinajstić information content (AvgIpc) is 2.32. The molecule has 98 valence electrons. The summed E-state index contributed by atoms with van der Waals surface area (Å²) in [5.74, 6) is 0.839. The fourth-order valence-electron chi connectivity index (χ4n) is 2.63. The van der Waals surface area contributed by atoms with E-state index in [0.717, 1.165) is 25.9 Å². The smallest absolute Gasteiger partial charge is 0.220 e. The van der Waals surface area contributed by atoms with Crippen LogP contribution in [-0.4, -0.2) is 38.3 Å². The highest BCUT2D eigenvalue weighted by Crippen LogP contribution is 2.29. The van der Waals surface area contributed by atoms with Gasteiger partial charge in [-0.2, -0.15) is 0 Å². The van der Waals surface area contributed by atoms with Gasteiger partial charge in [0.1, 0.15) is 0 Å². The van der Waals surface area contributed by atoms with Crippen molar-refractivity contribution in [2.75, 3.05) is 26.7 Å². The summed E-state index contributed by atoms with van der Waals surface area (Å²) in [4.78, 5) is 11.8. The summed E-state index contributed by atoms with van der Waals surface area (Å²) in [6.07, 6.45) is 6.42. The molecule has 0 radical (unpaired) electrons. The number of rotatable bonds is 5. The van der Waals surface area contributed by atoms with Gasteiger partial charge in [0, 0.05) is 20.1 Å². The number of ether oxygens (including phenoxy) is 1. The van der Waals surface area contributed by atoms with Crippen molar-refractivity contribution < 1.29 is 9.53 Å². The quantitative estimate of drug-likeness (QED) is 0.755. The van der Waals surface area contributed by atoms with Gasteiger partial charge in [-0.3, -0.25) is 4.79 Å². The Hall–Kier alpha value is -0.610. The third kappa shape index (κ3) is 3.42. The lowest BCUT2D eigenvalue weighted by Gasteiger charge is -2.36. The van der Waals surface area contributed by atoms with Gasteiger partial charge in [0.15, 0.2) is 0 Å². The molecular formula is C13H24N2O2. The van der Waals surface area contributed by atoms with E-state index in [2.05, 4.69) is 10.6 Å². The maximum Gasteiger partial charge on any atom is 0.220 e. The van der Waals surface area contributed by atoms with Crippen LogP contribution in [0, 0.1) is 5.92 Å². The van der Waals surface area contributed by atoms with Crippen LogP contribution in [0.25, 0.3) is 0 Å². The highest BCUT2D eigenvalue weighted by molar-refractivity contribution is 5.76. The van der Waals surface area contributed by atoms with Crippen LogP contribution in [0.2, 0.25) is 0 Å². The molecule has 2 aliphatic rings. The summed E-state index contributed by atoms with van der Waals surface area (Å²) >= 11 is 0. The number of amides is 1. The summed E-state index contributed by atoms with van der Waals surface area (Å²) in [6, 6.07) is 0. The van der Waals surface area contributed by atoms with Gasteiger partial charge in [-0.15, -0.1) is 0 Å². The Bertz CT molecular complexity index is 258. The summed E-state index contributed by atoms with van der Waals surface area (Å²) in [5.41, 5.74) is -0.138. The molecule has 1 saturated heterocycles. The molecule has 17 heavy (non-hydrogen) atoms. The molecule has 0 spiro atoms. The van der Waals surface area contributed by atoms with Crippen molar-refractivity contribution in [2.45, 2.75) is 44.1 Å². The van der Waals surface area contributed by atoms with Gasteiger partial charge in [0.2, 0.25) is 5.91 Å². The second kappa shape index (κ2) is 5.83. The van der Waals surface area contributed by atoms with Crippen LogP contribution in [0.1, 0.15) is 38.5 Å². The molecule has 1 aliphatic heterocycles. The molecule has 1 aliphatic carbocycles. The number of piperidine rings is 1. The SMILES string of the molecule is COC1(CNC(=O)CC2CCC2)CCNCC1. The molecule has 4 nitrogen and oxygen atoms in total. The van der Waals surface area contributed by atoms with E-state index < -0.39 is 0 Å². The van der Waals surface area contributed by atoms with E-state index in [-0.39, 0.29) is 11.5 Å². The molecular weight excluding hydrogens is 216 g/mol. The molecule has 2 rings (SSSR count). The van der Waals surface area contributed by atoms with Crippen molar-refractivity contribution in [3.63, 3.8) is 0 Å². The lowest BCUT2D eigenvalue weighted by Crippen LogP contribution is -2.51. The molecule has 1 heterocycles. The first-order valence-corrected chi connectivity index (χ1v) is 6.77. The van der Waals surface area contributed by atoms with Crippen LogP contribution >= 0.6 is 0 Å². The highest BCUT2D eigenvalue weighted by Gasteiger charge is 2.32. The lowest BCUT2D eigenvalue weighted by atomic mass is 9.83. The number of carbonyl (C=O) groups excluding carboxylic acids is 1. The standard InChI is InChI=1S/C13H24N2O2/c1-17-13(5-7-14-8-6-13)10-15-12(16)9-11-3-2-4-11/h11,14H,2-10H2,1H3,(H,15,16). The minimum Gasteiger partial charge on any atom is -0.376 e. The van der Waals surface area contributed by atoms with E-state index in [1.165, 1.54) is 19.3 Å². The van der Waals surface area contributed by atoms with E-state index in [1.807, 2.05) is 0 Å². The number of methoxy groups -OCH3 is 1. The normalized spacial score (nSPS) is 24.1. The van der Waals surface area contributed by atoms with E-state index in [0.29, 0.717) is 18.9 Å². The summed E-state index contributed by atoms with van der Waals surface area (Å²) in [7, 11) is 1.75. The topological polar surface area (TPSA) is 50.4 Å². The monoisotopic (exact) mass is 240 g/mol. The Labute approximate surface area is 103 Å². The molecule has 0 unspecified atom stereocenters. The molecule has 1 amide bonds. The van der Waals surface area contributed by atoms with Crippen molar-refractivity contribution in [3.05, 3.63) is 0 Å². The van der Waals surface area contributed by atoms with Crippen LogP contribution in [0.3, 0.4) is 0 Å². The number of nitrogens with one attached hydrogen (secondary N) is 2. The summed E-state index contributed by atoms with van der Waals surface area (Å²) in [6.45, 7) is 2.62. The largest absolute Gasteiger partial charge is 0.376 e. The predicted octanol–water partition coefficient (Wildman–Crippen LogP) is 1.06. The molecule has 0 bridgehead atoms. The van der Waals surface area contributed by atoms with Crippen LogP contribution in [0.15, 0.2) is 0 Å². The van der Waals surface area contributed by atoms with Gasteiger partial charge in [-0.25, -0.2) is 0 Å².